The predicted molar refractivity (Wildman–Crippen MR) is 80.5 cm³/mol. The standard InChI is InChI=1S/C12H13BrClNO5S/c1-19-11-9(13)6-8(7-10(11)21(14,17)18)12(16)15-2-4-20-5-3-15/h6-7H,2-5H2,1H3. The Bertz CT molecular complexity index is 658. The molecule has 1 fully saturated rings. The number of amides is 1. The predicted octanol–water partition coefficient (Wildman–Crippen LogP) is 1.86. The first-order chi connectivity index (χ1) is 9.84. The summed E-state index contributed by atoms with van der Waals surface area (Å²) in [5, 5.41) is 0. The lowest BCUT2D eigenvalue weighted by Gasteiger charge is -2.27. The van der Waals surface area contributed by atoms with Crippen molar-refractivity contribution in [3.05, 3.63) is 22.2 Å². The van der Waals surface area contributed by atoms with Gasteiger partial charge in [-0.1, -0.05) is 0 Å². The lowest BCUT2D eigenvalue weighted by molar-refractivity contribution is 0.0302. The van der Waals surface area contributed by atoms with Gasteiger partial charge in [-0.3, -0.25) is 4.79 Å². The molecule has 0 aromatic heterocycles. The molecule has 1 aliphatic rings. The minimum Gasteiger partial charge on any atom is -0.494 e. The number of hydrogen-bond acceptors (Lipinski definition) is 5. The zero-order valence-electron chi connectivity index (χ0n) is 11.1. The van der Waals surface area contributed by atoms with E-state index < -0.39 is 9.05 Å². The molecule has 1 aromatic carbocycles. The maximum atomic E-state index is 12.4. The molecule has 0 radical (unpaired) electrons. The number of morpholine rings is 1. The molecule has 0 saturated carbocycles. The minimum absolute atomic E-state index is 0.0727. The number of ether oxygens (including phenoxy) is 2. The summed E-state index contributed by atoms with van der Waals surface area (Å²) in [7, 11) is 2.70. The number of methoxy groups -OCH3 is 1. The van der Waals surface area contributed by atoms with Gasteiger partial charge in [0.2, 0.25) is 0 Å². The van der Waals surface area contributed by atoms with Crippen molar-refractivity contribution in [2.24, 2.45) is 0 Å². The Hall–Kier alpha value is -0.830. The topological polar surface area (TPSA) is 72.9 Å². The van der Waals surface area contributed by atoms with E-state index in [1.54, 1.807) is 4.90 Å². The third-order valence-electron chi connectivity index (χ3n) is 3.02. The molecule has 0 bridgehead atoms. The van der Waals surface area contributed by atoms with Crippen molar-refractivity contribution in [3.8, 4) is 5.75 Å². The zero-order chi connectivity index (χ0) is 15.6. The molecule has 0 unspecified atom stereocenters. The quantitative estimate of drug-likeness (QED) is 0.727. The first-order valence-electron chi connectivity index (χ1n) is 6.04. The number of carbonyl (C=O) groups is 1. The second-order valence-electron chi connectivity index (χ2n) is 4.33. The van der Waals surface area contributed by atoms with E-state index >= 15 is 0 Å². The number of rotatable bonds is 3. The average Bonchev–Trinajstić information content (AvgIpc) is 2.45. The smallest absolute Gasteiger partial charge is 0.265 e. The molecule has 1 aliphatic heterocycles. The van der Waals surface area contributed by atoms with Crippen molar-refractivity contribution >= 4 is 41.6 Å². The lowest BCUT2D eigenvalue weighted by Crippen LogP contribution is -2.40. The lowest BCUT2D eigenvalue weighted by atomic mass is 10.2. The van der Waals surface area contributed by atoms with Gasteiger partial charge < -0.3 is 14.4 Å². The van der Waals surface area contributed by atoms with Crippen LogP contribution in [-0.2, 0) is 13.8 Å². The summed E-state index contributed by atoms with van der Waals surface area (Å²) in [6.07, 6.45) is 0. The van der Waals surface area contributed by atoms with E-state index in [4.69, 9.17) is 20.2 Å². The van der Waals surface area contributed by atoms with Crippen LogP contribution in [0.5, 0.6) is 5.75 Å². The highest BCUT2D eigenvalue weighted by Gasteiger charge is 2.25. The summed E-state index contributed by atoms with van der Waals surface area (Å²) < 4.78 is 33.8. The Labute approximate surface area is 135 Å². The van der Waals surface area contributed by atoms with Crippen LogP contribution < -0.4 is 4.74 Å². The van der Waals surface area contributed by atoms with Crippen molar-refractivity contribution in [1.29, 1.82) is 0 Å². The Balaban J connectivity index is 2.45. The average molecular weight is 399 g/mol. The van der Waals surface area contributed by atoms with Crippen molar-refractivity contribution in [1.82, 2.24) is 4.90 Å². The van der Waals surface area contributed by atoms with Crippen molar-refractivity contribution in [2.45, 2.75) is 4.90 Å². The highest BCUT2D eigenvalue weighted by Crippen LogP contribution is 2.35. The molecule has 116 valence electrons. The highest BCUT2D eigenvalue weighted by molar-refractivity contribution is 9.10. The molecule has 0 N–H and O–H groups in total. The van der Waals surface area contributed by atoms with Gasteiger partial charge in [0.25, 0.3) is 15.0 Å². The third kappa shape index (κ3) is 3.68. The third-order valence-corrected chi connectivity index (χ3v) is 4.94. The maximum Gasteiger partial charge on any atom is 0.265 e. The van der Waals surface area contributed by atoms with Crippen molar-refractivity contribution in [3.63, 3.8) is 0 Å². The van der Waals surface area contributed by atoms with Gasteiger partial charge in [-0.15, -0.1) is 0 Å². The molecule has 1 amide bonds. The largest absolute Gasteiger partial charge is 0.494 e. The number of benzene rings is 1. The Morgan fingerprint density at radius 2 is 2.00 bits per heavy atom. The minimum atomic E-state index is -4.03. The molecule has 21 heavy (non-hydrogen) atoms. The van der Waals surface area contributed by atoms with E-state index in [9.17, 15) is 13.2 Å². The van der Waals surface area contributed by atoms with E-state index in [0.29, 0.717) is 30.8 Å². The molecular weight excluding hydrogens is 386 g/mol. The zero-order valence-corrected chi connectivity index (χ0v) is 14.3. The maximum absolute atomic E-state index is 12.4. The van der Waals surface area contributed by atoms with Crippen LogP contribution >= 0.6 is 26.6 Å². The first kappa shape index (κ1) is 16.5. The Morgan fingerprint density at radius 3 is 2.52 bits per heavy atom. The van der Waals surface area contributed by atoms with Crippen molar-refractivity contribution < 1.29 is 22.7 Å². The number of halogens is 2. The molecule has 2 rings (SSSR count). The SMILES string of the molecule is COc1c(Br)cc(C(=O)N2CCOCC2)cc1S(=O)(=O)Cl. The molecule has 0 aliphatic carbocycles. The fourth-order valence-corrected chi connectivity index (χ4v) is 3.80. The van der Waals surface area contributed by atoms with E-state index in [1.165, 1.54) is 19.2 Å². The molecule has 1 aromatic rings. The van der Waals surface area contributed by atoms with Gasteiger partial charge in [-0.05, 0) is 28.1 Å². The number of hydrogen-bond donors (Lipinski definition) is 0. The van der Waals surface area contributed by atoms with Gasteiger partial charge in [0.15, 0.2) is 5.75 Å². The molecule has 0 spiro atoms. The fraction of sp³-hybridized carbons (Fsp3) is 0.417. The summed E-state index contributed by atoms with van der Waals surface area (Å²) >= 11 is 3.20. The summed E-state index contributed by atoms with van der Waals surface area (Å²) in [5.41, 5.74) is 0.226. The van der Waals surface area contributed by atoms with Crippen LogP contribution in [0.4, 0.5) is 0 Å². The monoisotopic (exact) mass is 397 g/mol. The summed E-state index contributed by atoms with van der Waals surface area (Å²) in [5.74, 6) is -0.202. The fourth-order valence-electron chi connectivity index (χ4n) is 2.02. The normalized spacial score (nSPS) is 15.9. The van der Waals surface area contributed by atoms with Gasteiger partial charge in [0.1, 0.15) is 4.90 Å². The summed E-state index contributed by atoms with van der Waals surface area (Å²) in [4.78, 5) is 13.8. The molecule has 1 heterocycles. The van der Waals surface area contributed by atoms with E-state index in [-0.39, 0.29) is 22.1 Å². The van der Waals surface area contributed by atoms with Crippen LogP contribution in [-0.4, -0.2) is 52.6 Å². The van der Waals surface area contributed by atoms with Gasteiger partial charge in [0, 0.05) is 29.3 Å². The Morgan fingerprint density at radius 1 is 1.38 bits per heavy atom. The van der Waals surface area contributed by atoms with Crippen molar-refractivity contribution in [2.75, 3.05) is 33.4 Å². The molecule has 9 heteroatoms. The van der Waals surface area contributed by atoms with Crippen LogP contribution in [0.25, 0.3) is 0 Å². The molecule has 0 atom stereocenters. The van der Waals surface area contributed by atoms with Crippen LogP contribution in [0.1, 0.15) is 10.4 Å². The van der Waals surface area contributed by atoms with Gasteiger partial charge in [-0.2, -0.15) is 0 Å². The van der Waals surface area contributed by atoms with Crippen LogP contribution in [0, 0.1) is 0 Å². The number of carbonyl (C=O) groups excluding carboxylic acids is 1. The second kappa shape index (κ2) is 6.51. The van der Waals surface area contributed by atoms with Crippen LogP contribution in [0.2, 0.25) is 0 Å². The van der Waals surface area contributed by atoms with E-state index in [2.05, 4.69) is 15.9 Å². The molecule has 1 saturated heterocycles. The summed E-state index contributed by atoms with van der Waals surface area (Å²) in [6, 6.07) is 2.74. The van der Waals surface area contributed by atoms with Gasteiger partial charge in [0.05, 0.1) is 24.8 Å². The summed E-state index contributed by atoms with van der Waals surface area (Å²) in [6.45, 7) is 1.85. The highest BCUT2D eigenvalue weighted by atomic mass is 79.9. The van der Waals surface area contributed by atoms with Gasteiger partial charge in [-0.25, -0.2) is 8.42 Å². The molecular formula is C12H13BrClNO5S. The van der Waals surface area contributed by atoms with E-state index in [1.807, 2.05) is 0 Å². The van der Waals surface area contributed by atoms with Gasteiger partial charge >= 0.3 is 0 Å². The van der Waals surface area contributed by atoms with Crippen LogP contribution in [0.3, 0.4) is 0 Å². The van der Waals surface area contributed by atoms with E-state index in [0.717, 1.165) is 0 Å². The Kier molecular flexibility index (Phi) is 5.13. The first-order valence-corrected chi connectivity index (χ1v) is 9.14. The molecule has 6 nitrogen and oxygen atoms in total. The second-order valence-corrected chi connectivity index (χ2v) is 7.72. The van der Waals surface area contributed by atoms with Crippen LogP contribution in [0.15, 0.2) is 21.5 Å². The number of nitrogens with zero attached hydrogens (tertiary/aromatic N) is 1.